The van der Waals surface area contributed by atoms with Crippen LogP contribution in [0.4, 0.5) is 10.5 Å². The van der Waals surface area contributed by atoms with Gasteiger partial charge in [-0.2, -0.15) is 5.10 Å². The molecule has 3 rings (SSSR count). The van der Waals surface area contributed by atoms with Crippen molar-refractivity contribution in [3.05, 3.63) is 11.9 Å². The molecule has 1 saturated heterocycles. The molecule has 7 nitrogen and oxygen atoms in total. The Labute approximate surface area is 149 Å². The van der Waals surface area contributed by atoms with Gasteiger partial charge in [-0.3, -0.25) is 9.48 Å². The second-order valence-electron chi connectivity index (χ2n) is 7.53. The molecule has 1 aromatic heterocycles. The van der Waals surface area contributed by atoms with Crippen molar-refractivity contribution in [1.82, 2.24) is 19.6 Å². The van der Waals surface area contributed by atoms with Gasteiger partial charge in [0.1, 0.15) is 0 Å². The van der Waals surface area contributed by atoms with E-state index in [2.05, 4.69) is 10.4 Å². The number of aromatic nitrogens is 2. The highest BCUT2D eigenvalue weighted by molar-refractivity contribution is 5.91. The van der Waals surface area contributed by atoms with Crippen LogP contribution in [0.15, 0.2) is 6.20 Å². The monoisotopic (exact) mass is 347 g/mol. The van der Waals surface area contributed by atoms with E-state index in [1.807, 2.05) is 13.2 Å². The smallest absolute Gasteiger partial charge is 0.321 e. The van der Waals surface area contributed by atoms with Crippen LogP contribution >= 0.6 is 0 Å². The highest BCUT2D eigenvalue weighted by Gasteiger charge is 2.32. The van der Waals surface area contributed by atoms with E-state index in [1.165, 1.54) is 19.3 Å². The number of likely N-dealkylation sites (tertiary alicyclic amines) is 1. The number of nitrogens with one attached hydrogen (secondary N) is 1. The average molecular weight is 347 g/mol. The van der Waals surface area contributed by atoms with Crippen molar-refractivity contribution in [2.75, 3.05) is 32.5 Å². The summed E-state index contributed by atoms with van der Waals surface area (Å²) in [6, 6.07) is -0.126. The number of hydrogen-bond donors (Lipinski definition) is 1. The Morgan fingerprint density at radius 2 is 1.92 bits per heavy atom. The number of anilines is 1. The first-order valence-electron chi connectivity index (χ1n) is 9.26. The molecule has 1 N–H and O–H groups in total. The van der Waals surface area contributed by atoms with Crippen LogP contribution in [0.5, 0.6) is 0 Å². The van der Waals surface area contributed by atoms with Crippen molar-refractivity contribution >= 4 is 17.6 Å². The minimum Gasteiger partial charge on any atom is -0.349 e. The van der Waals surface area contributed by atoms with Crippen molar-refractivity contribution in [2.45, 2.75) is 44.4 Å². The third kappa shape index (κ3) is 3.96. The topological polar surface area (TPSA) is 70.5 Å². The molecule has 3 amide bonds. The molecule has 25 heavy (non-hydrogen) atoms. The van der Waals surface area contributed by atoms with Crippen LogP contribution in [0.1, 0.15) is 50.1 Å². The molecule has 0 spiro atoms. The number of amides is 3. The van der Waals surface area contributed by atoms with Gasteiger partial charge < -0.3 is 15.1 Å². The first-order valence-corrected chi connectivity index (χ1v) is 9.26. The third-order valence-electron chi connectivity index (χ3n) is 5.36. The zero-order chi connectivity index (χ0) is 18.0. The highest BCUT2D eigenvalue weighted by Crippen LogP contribution is 2.35. The Morgan fingerprint density at radius 3 is 2.60 bits per heavy atom. The maximum absolute atomic E-state index is 12.6. The van der Waals surface area contributed by atoms with Crippen molar-refractivity contribution in [2.24, 2.45) is 13.0 Å². The predicted octanol–water partition coefficient (Wildman–Crippen LogP) is 2.41. The number of nitrogens with zero attached hydrogens (tertiary/aromatic N) is 4. The molecule has 1 aliphatic carbocycles. The van der Waals surface area contributed by atoms with E-state index in [-0.39, 0.29) is 17.9 Å². The summed E-state index contributed by atoms with van der Waals surface area (Å²) in [7, 11) is 5.41. The zero-order valence-corrected chi connectivity index (χ0v) is 15.5. The largest absolute Gasteiger partial charge is 0.349 e. The van der Waals surface area contributed by atoms with Gasteiger partial charge in [-0.15, -0.1) is 0 Å². The molecule has 2 fully saturated rings. The fourth-order valence-electron chi connectivity index (χ4n) is 3.99. The second-order valence-corrected chi connectivity index (χ2v) is 7.53. The molecule has 0 aromatic carbocycles. The van der Waals surface area contributed by atoms with Gasteiger partial charge in [-0.1, -0.05) is 19.3 Å². The van der Waals surface area contributed by atoms with E-state index < -0.39 is 0 Å². The molecular weight excluding hydrogens is 318 g/mol. The molecule has 138 valence electrons. The van der Waals surface area contributed by atoms with Gasteiger partial charge in [0.25, 0.3) is 0 Å². The standard InChI is InChI=1S/C18H29N5O2/c1-21(2)17(24)14-9-10-23(11-14)18(25)19-15-12-22(3)20-16(15)13-7-5-4-6-8-13/h12-14H,4-11H2,1-3H3,(H,19,25). The van der Waals surface area contributed by atoms with Crippen LogP contribution in [-0.4, -0.2) is 58.7 Å². The first-order chi connectivity index (χ1) is 12.0. The Balaban J connectivity index is 1.65. The summed E-state index contributed by atoms with van der Waals surface area (Å²) in [4.78, 5) is 28.1. The maximum atomic E-state index is 12.6. The summed E-state index contributed by atoms with van der Waals surface area (Å²) < 4.78 is 1.78. The highest BCUT2D eigenvalue weighted by atomic mass is 16.2. The number of urea groups is 1. The number of hydrogen-bond acceptors (Lipinski definition) is 3. The van der Waals surface area contributed by atoms with Crippen LogP contribution < -0.4 is 5.32 Å². The second kappa shape index (κ2) is 7.45. The Hall–Kier alpha value is -2.05. The minimum absolute atomic E-state index is 0.0903. The van der Waals surface area contributed by atoms with Crippen LogP contribution in [0.2, 0.25) is 0 Å². The fourth-order valence-corrected chi connectivity index (χ4v) is 3.99. The molecular formula is C18H29N5O2. The molecule has 1 atom stereocenters. The Morgan fingerprint density at radius 1 is 1.20 bits per heavy atom. The minimum atomic E-state index is -0.126. The van der Waals surface area contributed by atoms with Gasteiger partial charge >= 0.3 is 6.03 Å². The van der Waals surface area contributed by atoms with Crippen molar-refractivity contribution < 1.29 is 9.59 Å². The first kappa shape index (κ1) is 17.8. The zero-order valence-electron chi connectivity index (χ0n) is 15.5. The van der Waals surface area contributed by atoms with Gasteiger partial charge in [0.15, 0.2) is 0 Å². The lowest BCUT2D eigenvalue weighted by molar-refractivity contribution is -0.132. The van der Waals surface area contributed by atoms with Gasteiger partial charge in [0, 0.05) is 46.3 Å². The molecule has 2 aliphatic rings. The van der Waals surface area contributed by atoms with E-state index in [1.54, 1.807) is 28.6 Å². The van der Waals surface area contributed by atoms with Crippen LogP contribution in [0.3, 0.4) is 0 Å². The molecule has 1 aromatic rings. The molecule has 0 radical (unpaired) electrons. The number of carbonyl (C=O) groups excluding carboxylic acids is 2. The number of carbonyl (C=O) groups is 2. The lowest BCUT2D eigenvalue weighted by Crippen LogP contribution is -2.36. The summed E-state index contributed by atoms with van der Waals surface area (Å²) in [5, 5.41) is 7.64. The van der Waals surface area contributed by atoms with Crippen LogP contribution in [0.25, 0.3) is 0 Å². The van der Waals surface area contributed by atoms with Gasteiger partial charge in [-0.05, 0) is 19.3 Å². The molecule has 2 heterocycles. The summed E-state index contributed by atoms with van der Waals surface area (Å²) in [6.07, 6.45) is 8.66. The number of aryl methyl sites for hydroxylation is 1. The molecule has 1 unspecified atom stereocenters. The van der Waals surface area contributed by atoms with Gasteiger partial charge in [-0.25, -0.2) is 4.79 Å². The van der Waals surface area contributed by atoms with Gasteiger partial charge in [0.05, 0.1) is 17.3 Å². The molecule has 1 saturated carbocycles. The predicted molar refractivity (Wildman–Crippen MR) is 96.4 cm³/mol. The van der Waals surface area contributed by atoms with Crippen LogP contribution in [0, 0.1) is 5.92 Å². The van der Waals surface area contributed by atoms with E-state index in [9.17, 15) is 9.59 Å². The van der Waals surface area contributed by atoms with E-state index in [0.717, 1.165) is 30.6 Å². The third-order valence-corrected chi connectivity index (χ3v) is 5.36. The molecule has 7 heteroatoms. The lowest BCUT2D eigenvalue weighted by atomic mass is 9.86. The average Bonchev–Trinajstić information content (AvgIpc) is 3.22. The van der Waals surface area contributed by atoms with Crippen molar-refractivity contribution in [3.63, 3.8) is 0 Å². The summed E-state index contributed by atoms with van der Waals surface area (Å²) in [5.41, 5.74) is 1.83. The maximum Gasteiger partial charge on any atom is 0.321 e. The quantitative estimate of drug-likeness (QED) is 0.913. The Kier molecular flexibility index (Phi) is 5.30. The van der Waals surface area contributed by atoms with E-state index >= 15 is 0 Å². The fraction of sp³-hybridized carbons (Fsp3) is 0.722. The SMILES string of the molecule is CN(C)C(=O)C1CCN(C(=O)Nc2cn(C)nc2C2CCCCC2)C1. The van der Waals surface area contributed by atoms with Gasteiger partial charge in [0.2, 0.25) is 5.91 Å². The molecule has 0 bridgehead atoms. The van der Waals surface area contributed by atoms with Crippen LogP contribution in [-0.2, 0) is 11.8 Å². The van der Waals surface area contributed by atoms with E-state index in [0.29, 0.717) is 19.0 Å². The van der Waals surface area contributed by atoms with Crippen molar-refractivity contribution in [3.8, 4) is 0 Å². The lowest BCUT2D eigenvalue weighted by Gasteiger charge is -2.22. The number of rotatable bonds is 3. The van der Waals surface area contributed by atoms with Crippen molar-refractivity contribution in [1.29, 1.82) is 0 Å². The Bertz CT molecular complexity index is 633. The summed E-state index contributed by atoms with van der Waals surface area (Å²) >= 11 is 0. The normalized spacial score (nSPS) is 21.4. The summed E-state index contributed by atoms with van der Waals surface area (Å²) in [6.45, 7) is 1.11. The summed E-state index contributed by atoms with van der Waals surface area (Å²) in [5.74, 6) is 0.443. The molecule has 1 aliphatic heterocycles. The van der Waals surface area contributed by atoms with E-state index in [4.69, 9.17) is 0 Å².